The van der Waals surface area contributed by atoms with Crippen LogP contribution in [0, 0.1) is 5.92 Å². The van der Waals surface area contributed by atoms with E-state index in [1.165, 1.54) is 24.9 Å². The second-order valence-electron chi connectivity index (χ2n) is 8.43. The molecule has 2 aromatic carbocycles. The Labute approximate surface area is 184 Å². The van der Waals surface area contributed by atoms with Gasteiger partial charge in [0.2, 0.25) is 11.8 Å². The maximum atomic E-state index is 12.7. The van der Waals surface area contributed by atoms with Crippen LogP contribution < -0.4 is 10.2 Å². The fraction of sp³-hybridized carbons (Fsp3) is 0.385. The number of anilines is 2. The highest BCUT2D eigenvalue weighted by molar-refractivity contribution is 5.94. The van der Waals surface area contributed by atoms with E-state index in [0.29, 0.717) is 25.9 Å². The molecule has 5 nitrogen and oxygen atoms in total. The fourth-order valence-electron chi connectivity index (χ4n) is 4.35. The Morgan fingerprint density at radius 3 is 2.19 bits per heavy atom. The molecule has 2 fully saturated rings. The first kappa shape index (κ1) is 21.2. The van der Waals surface area contributed by atoms with E-state index >= 15 is 0 Å². The quantitative estimate of drug-likeness (QED) is 0.725. The summed E-state index contributed by atoms with van der Waals surface area (Å²) in [7, 11) is 0. The average Bonchev–Trinajstić information content (AvgIpc) is 2.84. The van der Waals surface area contributed by atoms with Crippen LogP contribution in [-0.4, -0.2) is 42.9 Å². The normalized spacial score (nSPS) is 17.7. The zero-order chi connectivity index (χ0) is 21.5. The second-order valence-corrected chi connectivity index (χ2v) is 8.43. The number of nitrogens with one attached hydrogen (secondary N) is 1. The third kappa shape index (κ3) is 5.75. The van der Waals surface area contributed by atoms with Gasteiger partial charge in [-0.05, 0) is 68.0 Å². The van der Waals surface area contributed by atoms with Crippen molar-refractivity contribution in [3.05, 3.63) is 66.2 Å². The second kappa shape index (κ2) is 10.3. The van der Waals surface area contributed by atoms with Crippen LogP contribution in [0.4, 0.5) is 11.4 Å². The molecule has 0 radical (unpaired) electrons. The molecule has 0 aromatic heterocycles. The third-order valence-electron chi connectivity index (χ3n) is 6.25. The summed E-state index contributed by atoms with van der Waals surface area (Å²) in [6.07, 6.45) is 8.68. The minimum atomic E-state index is -0.0519. The van der Waals surface area contributed by atoms with Gasteiger partial charge >= 0.3 is 0 Å². The van der Waals surface area contributed by atoms with Gasteiger partial charge in [-0.1, -0.05) is 30.3 Å². The molecule has 2 aromatic rings. The van der Waals surface area contributed by atoms with Gasteiger partial charge in [-0.15, -0.1) is 0 Å². The molecule has 1 N–H and O–H groups in total. The summed E-state index contributed by atoms with van der Waals surface area (Å²) in [6.45, 7) is 3.46. The molecule has 2 aliphatic rings. The number of benzene rings is 2. The summed E-state index contributed by atoms with van der Waals surface area (Å²) in [5.41, 5.74) is 3.08. The van der Waals surface area contributed by atoms with Crippen LogP contribution in [0.3, 0.4) is 0 Å². The molecule has 0 aliphatic carbocycles. The maximum Gasteiger partial charge on any atom is 0.246 e. The Hall–Kier alpha value is -3.08. The summed E-state index contributed by atoms with van der Waals surface area (Å²) in [5.74, 6) is 0.0117. The molecule has 5 heteroatoms. The van der Waals surface area contributed by atoms with Crippen molar-refractivity contribution in [2.45, 2.75) is 32.1 Å². The van der Waals surface area contributed by atoms with Crippen LogP contribution in [0.2, 0.25) is 0 Å². The highest BCUT2D eigenvalue weighted by Gasteiger charge is 2.26. The smallest absolute Gasteiger partial charge is 0.246 e. The van der Waals surface area contributed by atoms with Gasteiger partial charge in [-0.3, -0.25) is 9.59 Å². The van der Waals surface area contributed by atoms with Crippen molar-refractivity contribution >= 4 is 29.3 Å². The molecule has 2 heterocycles. The lowest BCUT2D eigenvalue weighted by Crippen LogP contribution is -2.40. The SMILES string of the molecule is O=C(Nc1ccc(N2CCCCC2)cc1)C1CCN(C(=O)/C=C/c2ccccc2)CC1. The van der Waals surface area contributed by atoms with Crippen LogP contribution in [-0.2, 0) is 9.59 Å². The summed E-state index contributed by atoms with van der Waals surface area (Å²) in [6, 6.07) is 18.0. The lowest BCUT2D eigenvalue weighted by Gasteiger charge is -2.31. The van der Waals surface area contributed by atoms with Gasteiger partial charge in [0.25, 0.3) is 0 Å². The average molecular weight is 418 g/mol. The minimum absolute atomic E-state index is 0.0102. The topological polar surface area (TPSA) is 52.7 Å². The van der Waals surface area contributed by atoms with Crippen molar-refractivity contribution < 1.29 is 9.59 Å². The Bertz CT molecular complexity index is 894. The molecule has 2 aliphatic heterocycles. The van der Waals surface area contributed by atoms with Gasteiger partial charge < -0.3 is 15.1 Å². The molecule has 31 heavy (non-hydrogen) atoms. The van der Waals surface area contributed by atoms with Crippen molar-refractivity contribution in [3.8, 4) is 0 Å². The van der Waals surface area contributed by atoms with E-state index in [1.807, 2.05) is 53.4 Å². The molecule has 0 spiro atoms. The van der Waals surface area contributed by atoms with E-state index in [0.717, 1.165) is 24.3 Å². The number of likely N-dealkylation sites (tertiary alicyclic amines) is 1. The Balaban J connectivity index is 1.24. The molecular formula is C26H31N3O2. The van der Waals surface area contributed by atoms with Crippen LogP contribution in [0.15, 0.2) is 60.7 Å². The molecular weight excluding hydrogens is 386 g/mol. The van der Waals surface area contributed by atoms with Crippen LogP contribution in [0.5, 0.6) is 0 Å². The highest BCUT2D eigenvalue weighted by Crippen LogP contribution is 2.24. The number of hydrogen-bond acceptors (Lipinski definition) is 3. The van der Waals surface area contributed by atoms with Gasteiger partial charge in [0.15, 0.2) is 0 Å². The number of carbonyl (C=O) groups excluding carboxylic acids is 2. The number of carbonyl (C=O) groups is 2. The van der Waals surface area contributed by atoms with Crippen LogP contribution in [0.25, 0.3) is 6.08 Å². The van der Waals surface area contributed by atoms with E-state index in [2.05, 4.69) is 22.3 Å². The summed E-state index contributed by atoms with van der Waals surface area (Å²) >= 11 is 0. The largest absolute Gasteiger partial charge is 0.372 e. The van der Waals surface area contributed by atoms with Gasteiger partial charge in [0, 0.05) is 49.5 Å². The maximum absolute atomic E-state index is 12.7. The first-order chi connectivity index (χ1) is 15.2. The number of piperidine rings is 2. The third-order valence-corrected chi connectivity index (χ3v) is 6.25. The lowest BCUT2D eigenvalue weighted by molar-refractivity contribution is -0.130. The Morgan fingerprint density at radius 2 is 1.52 bits per heavy atom. The number of hydrogen-bond donors (Lipinski definition) is 1. The zero-order valence-electron chi connectivity index (χ0n) is 18.0. The lowest BCUT2D eigenvalue weighted by atomic mass is 9.95. The Morgan fingerprint density at radius 1 is 0.839 bits per heavy atom. The molecule has 0 atom stereocenters. The summed E-state index contributed by atoms with van der Waals surface area (Å²) in [5, 5.41) is 3.06. The minimum Gasteiger partial charge on any atom is -0.372 e. The standard InChI is InChI=1S/C26H31N3O2/c30-25(14-9-21-7-3-1-4-8-21)29-19-15-22(16-20-29)26(31)27-23-10-12-24(13-11-23)28-17-5-2-6-18-28/h1,3-4,7-14,22H,2,5-6,15-20H2,(H,27,31)/b14-9+. The number of nitrogens with zero attached hydrogens (tertiary/aromatic N) is 2. The van der Waals surface area contributed by atoms with Gasteiger partial charge in [0.05, 0.1) is 0 Å². The summed E-state index contributed by atoms with van der Waals surface area (Å²) in [4.78, 5) is 29.4. The van der Waals surface area contributed by atoms with E-state index in [-0.39, 0.29) is 17.7 Å². The van der Waals surface area contributed by atoms with Gasteiger partial charge in [-0.2, -0.15) is 0 Å². The van der Waals surface area contributed by atoms with E-state index in [9.17, 15) is 9.59 Å². The van der Waals surface area contributed by atoms with Crippen molar-refractivity contribution in [1.82, 2.24) is 4.90 Å². The highest BCUT2D eigenvalue weighted by atomic mass is 16.2. The zero-order valence-corrected chi connectivity index (χ0v) is 18.0. The Kier molecular flexibility index (Phi) is 7.03. The van der Waals surface area contributed by atoms with Crippen molar-refractivity contribution in [1.29, 1.82) is 0 Å². The van der Waals surface area contributed by atoms with E-state index in [4.69, 9.17) is 0 Å². The molecule has 2 amide bonds. The van der Waals surface area contributed by atoms with E-state index < -0.39 is 0 Å². The fourth-order valence-corrected chi connectivity index (χ4v) is 4.35. The predicted molar refractivity (Wildman–Crippen MR) is 126 cm³/mol. The van der Waals surface area contributed by atoms with Crippen molar-refractivity contribution in [2.24, 2.45) is 5.92 Å². The van der Waals surface area contributed by atoms with E-state index in [1.54, 1.807) is 6.08 Å². The van der Waals surface area contributed by atoms with Gasteiger partial charge in [-0.25, -0.2) is 0 Å². The monoisotopic (exact) mass is 417 g/mol. The van der Waals surface area contributed by atoms with Crippen molar-refractivity contribution in [3.63, 3.8) is 0 Å². The van der Waals surface area contributed by atoms with Gasteiger partial charge in [0.1, 0.15) is 0 Å². The molecule has 0 saturated carbocycles. The number of amides is 2. The first-order valence-electron chi connectivity index (χ1n) is 11.4. The first-order valence-corrected chi connectivity index (χ1v) is 11.4. The predicted octanol–water partition coefficient (Wildman–Crippen LogP) is 4.57. The van der Waals surface area contributed by atoms with Crippen molar-refractivity contribution in [2.75, 3.05) is 36.4 Å². The molecule has 0 unspecified atom stereocenters. The number of rotatable bonds is 5. The van der Waals surface area contributed by atoms with Crippen LogP contribution in [0.1, 0.15) is 37.7 Å². The molecule has 162 valence electrons. The van der Waals surface area contributed by atoms with Crippen LogP contribution >= 0.6 is 0 Å². The molecule has 2 saturated heterocycles. The molecule has 4 rings (SSSR count). The molecule has 0 bridgehead atoms. The summed E-state index contributed by atoms with van der Waals surface area (Å²) < 4.78 is 0.